The van der Waals surface area contributed by atoms with Crippen LogP contribution in [-0.4, -0.2) is 15.0 Å². The van der Waals surface area contributed by atoms with Crippen molar-refractivity contribution in [3.05, 3.63) is 78.4 Å². The van der Waals surface area contributed by atoms with Crippen LogP contribution < -0.4 is 14.8 Å². The molecule has 0 heterocycles. The van der Waals surface area contributed by atoms with E-state index in [-0.39, 0.29) is 4.90 Å². The molecule has 0 aromatic heterocycles. The molecule has 0 atom stereocenters. The van der Waals surface area contributed by atoms with Crippen LogP contribution in [0.4, 0.5) is 17.1 Å². The van der Waals surface area contributed by atoms with Crippen LogP contribution in [0, 0.1) is 6.92 Å². The third-order valence-corrected chi connectivity index (χ3v) is 5.27. The maximum absolute atomic E-state index is 12.5. The third-order valence-electron chi connectivity index (χ3n) is 3.89. The summed E-state index contributed by atoms with van der Waals surface area (Å²) in [5, 5.41) is 3.27. The van der Waals surface area contributed by atoms with Crippen molar-refractivity contribution in [1.82, 2.24) is 0 Å². The Morgan fingerprint density at radius 3 is 2.04 bits per heavy atom. The number of aryl methyl sites for hydroxylation is 1. The van der Waals surface area contributed by atoms with Gasteiger partial charge in [-0.15, -0.1) is 0 Å². The molecule has 0 unspecified atom stereocenters. The molecule has 0 amide bonds. The molecule has 3 aromatic carbocycles. The summed E-state index contributed by atoms with van der Waals surface area (Å²) in [5.41, 5.74) is 3.19. The minimum absolute atomic E-state index is 0.249. The number of hydrogen-bond acceptors (Lipinski definition) is 4. The quantitative estimate of drug-likeness (QED) is 0.607. The first kappa shape index (κ1) is 18.8. The molecule has 0 fully saturated rings. The fourth-order valence-electron chi connectivity index (χ4n) is 2.59. The Kier molecular flexibility index (Phi) is 5.66. The molecule has 140 valence electrons. The van der Waals surface area contributed by atoms with Gasteiger partial charge in [0.05, 0.1) is 11.5 Å². The first-order chi connectivity index (χ1) is 13.0. The maximum atomic E-state index is 12.5. The second-order valence-corrected chi connectivity index (χ2v) is 7.76. The highest BCUT2D eigenvalue weighted by Gasteiger charge is 2.14. The number of anilines is 3. The largest absolute Gasteiger partial charge is 0.494 e. The molecule has 27 heavy (non-hydrogen) atoms. The van der Waals surface area contributed by atoms with Crippen LogP contribution in [0.5, 0.6) is 5.75 Å². The van der Waals surface area contributed by atoms with Gasteiger partial charge < -0.3 is 10.1 Å². The van der Waals surface area contributed by atoms with Crippen LogP contribution in [-0.2, 0) is 10.0 Å². The van der Waals surface area contributed by atoms with E-state index in [9.17, 15) is 8.42 Å². The Labute approximate surface area is 160 Å². The van der Waals surface area contributed by atoms with Gasteiger partial charge in [0.2, 0.25) is 0 Å². The Hall–Kier alpha value is -2.99. The van der Waals surface area contributed by atoms with Gasteiger partial charge in [-0.2, -0.15) is 0 Å². The van der Waals surface area contributed by atoms with E-state index < -0.39 is 10.0 Å². The maximum Gasteiger partial charge on any atom is 0.261 e. The van der Waals surface area contributed by atoms with Crippen LogP contribution in [0.1, 0.15) is 12.5 Å². The predicted molar refractivity (Wildman–Crippen MR) is 109 cm³/mol. The average molecular weight is 382 g/mol. The van der Waals surface area contributed by atoms with E-state index in [0.29, 0.717) is 12.3 Å². The number of ether oxygens (including phenoxy) is 1. The van der Waals surface area contributed by atoms with Gasteiger partial charge in [0.25, 0.3) is 10.0 Å². The monoisotopic (exact) mass is 382 g/mol. The molecule has 2 N–H and O–H groups in total. The van der Waals surface area contributed by atoms with E-state index in [2.05, 4.69) is 10.0 Å². The van der Waals surface area contributed by atoms with Crippen molar-refractivity contribution >= 4 is 27.1 Å². The molecule has 0 saturated carbocycles. The van der Waals surface area contributed by atoms with Crippen LogP contribution in [0.15, 0.2) is 77.7 Å². The Morgan fingerprint density at radius 1 is 0.852 bits per heavy atom. The zero-order valence-electron chi connectivity index (χ0n) is 15.3. The van der Waals surface area contributed by atoms with Crippen molar-refractivity contribution in [1.29, 1.82) is 0 Å². The number of benzene rings is 3. The smallest absolute Gasteiger partial charge is 0.261 e. The normalized spacial score (nSPS) is 11.0. The van der Waals surface area contributed by atoms with Crippen LogP contribution >= 0.6 is 0 Å². The van der Waals surface area contributed by atoms with Gasteiger partial charge >= 0.3 is 0 Å². The Balaban J connectivity index is 1.68. The fraction of sp³-hybridized carbons (Fsp3) is 0.143. The highest BCUT2D eigenvalue weighted by atomic mass is 32.2. The van der Waals surface area contributed by atoms with E-state index in [4.69, 9.17) is 4.74 Å². The van der Waals surface area contributed by atoms with Crippen LogP contribution in [0.25, 0.3) is 0 Å². The number of sulfonamides is 1. The highest BCUT2D eigenvalue weighted by molar-refractivity contribution is 7.92. The van der Waals surface area contributed by atoms with Crippen molar-refractivity contribution in [2.75, 3.05) is 16.6 Å². The number of nitrogens with one attached hydrogen (secondary N) is 2. The van der Waals surface area contributed by atoms with Crippen LogP contribution in [0.2, 0.25) is 0 Å². The molecular weight excluding hydrogens is 360 g/mol. The Morgan fingerprint density at radius 2 is 1.44 bits per heavy atom. The molecule has 3 rings (SSSR count). The van der Waals surface area contributed by atoms with Crippen molar-refractivity contribution in [2.45, 2.75) is 18.7 Å². The summed E-state index contributed by atoms with van der Waals surface area (Å²) in [7, 11) is -3.60. The summed E-state index contributed by atoms with van der Waals surface area (Å²) in [6.45, 7) is 4.44. The molecule has 5 nitrogen and oxygen atoms in total. The fourth-order valence-corrected chi connectivity index (χ4v) is 3.75. The van der Waals surface area contributed by atoms with E-state index >= 15 is 0 Å². The van der Waals surface area contributed by atoms with E-state index in [1.165, 1.54) is 0 Å². The highest BCUT2D eigenvalue weighted by Crippen LogP contribution is 2.23. The summed E-state index contributed by atoms with van der Waals surface area (Å²) < 4.78 is 33.0. The van der Waals surface area contributed by atoms with Gasteiger partial charge in [-0.3, -0.25) is 4.72 Å². The summed E-state index contributed by atoms with van der Waals surface area (Å²) in [6.07, 6.45) is 0. The molecule has 0 aliphatic carbocycles. The molecule has 0 aliphatic heterocycles. The first-order valence-electron chi connectivity index (χ1n) is 8.66. The standard InChI is InChI=1S/C21H22N2O3S/c1-3-26-20-13-11-18(12-14-20)22-17-7-9-19(10-8-17)23-27(24,25)21-6-4-5-16(2)15-21/h4-15,22-23H,3H2,1-2H3. The van der Waals surface area contributed by atoms with Gasteiger partial charge in [-0.05, 0) is 80.1 Å². The second kappa shape index (κ2) is 8.14. The van der Waals surface area contributed by atoms with Gasteiger partial charge in [-0.1, -0.05) is 12.1 Å². The number of hydrogen-bond donors (Lipinski definition) is 2. The topological polar surface area (TPSA) is 67.4 Å². The van der Waals surface area contributed by atoms with Crippen LogP contribution in [0.3, 0.4) is 0 Å². The zero-order valence-corrected chi connectivity index (χ0v) is 16.1. The van der Waals surface area contributed by atoms with E-state index in [0.717, 1.165) is 22.7 Å². The summed E-state index contributed by atoms with van der Waals surface area (Å²) in [4.78, 5) is 0.249. The molecule has 0 spiro atoms. The van der Waals surface area contributed by atoms with Crippen molar-refractivity contribution < 1.29 is 13.2 Å². The molecule has 0 bridgehead atoms. The lowest BCUT2D eigenvalue weighted by molar-refractivity contribution is 0.340. The first-order valence-corrected chi connectivity index (χ1v) is 10.1. The third kappa shape index (κ3) is 5.01. The Bertz CT molecular complexity index is 998. The number of rotatable bonds is 7. The lowest BCUT2D eigenvalue weighted by Gasteiger charge is -2.11. The summed E-state index contributed by atoms with van der Waals surface area (Å²) >= 11 is 0. The van der Waals surface area contributed by atoms with Gasteiger partial charge in [0.15, 0.2) is 0 Å². The summed E-state index contributed by atoms with van der Waals surface area (Å²) in [5.74, 6) is 0.823. The SMILES string of the molecule is CCOc1ccc(Nc2ccc(NS(=O)(=O)c3cccc(C)c3)cc2)cc1. The molecule has 6 heteroatoms. The minimum atomic E-state index is -3.60. The van der Waals surface area contributed by atoms with Gasteiger partial charge in [0, 0.05) is 17.1 Å². The van der Waals surface area contributed by atoms with Gasteiger partial charge in [-0.25, -0.2) is 8.42 Å². The van der Waals surface area contributed by atoms with E-state index in [1.54, 1.807) is 30.3 Å². The second-order valence-electron chi connectivity index (χ2n) is 6.08. The van der Waals surface area contributed by atoms with E-state index in [1.807, 2.05) is 56.3 Å². The lowest BCUT2D eigenvalue weighted by Crippen LogP contribution is -2.13. The van der Waals surface area contributed by atoms with Gasteiger partial charge in [0.1, 0.15) is 5.75 Å². The zero-order chi connectivity index (χ0) is 19.3. The molecule has 0 aliphatic rings. The molecular formula is C21H22N2O3S. The van der Waals surface area contributed by atoms with Crippen molar-refractivity contribution in [3.8, 4) is 5.75 Å². The predicted octanol–water partition coefficient (Wildman–Crippen LogP) is 4.94. The minimum Gasteiger partial charge on any atom is -0.494 e. The summed E-state index contributed by atoms with van der Waals surface area (Å²) in [6, 6.07) is 21.6. The van der Waals surface area contributed by atoms with Crippen molar-refractivity contribution in [2.24, 2.45) is 0 Å². The molecule has 0 saturated heterocycles. The molecule has 0 radical (unpaired) electrons. The lowest BCUT2D eigenvalue weighted by atomic mass is 10.2. The molecule has 3 aromatic rings. The average Bonchev–Trinajstić information content (AvgIpc) is 2.65. The van der Waals surface area contributed by atoms with Crippen molar-refractivity contribution in [3.63, 3.8) is 0 Å².